The van der Waals surface area contributed by atoms with Gasteiger partial charge in [0.25, 0.3) is 5.91 Å². The van der Waals surface area contributed by atoms with Gasteiger partial charge >= 0.3 is 0 Å². The number of thioether (sulfide) groups is 1. The standard InChI is InChI=1S/C35H30ClN3O3S/c1-23-17-18-24(2)31(19-23)38-33(41)22-43-35(39-34(42)26-13-7-4-8-14-26)29(21-37)28(27-15-9-10-16-30(27)36)20-32(40)25-11-5-3-6-12-25/h3-19,28H,20,22H2,1-2H3,(H,38,41)(H,39,42)/b35-29+. The number of hydrogen-bond acceptors (Lipinski definition) is 5. The lowest BCUT2D eigenvalue weighted by molar-refractivity contribution is -0.113. The number of anilines is 1. The fourth-order valence-electron chi connectivity index (χ4n) is 4.48. The van der Waals surface area contributed by atoms with Crippen LogP contribution in [-0.4, -0.2) is 23.4 Å². The van der Waals surface area contributed by atoms with Crippen molar-refractivity contribution in [3.05, 3.63) is 147 Å². The largest absolute Gasteiger partial charge is 0.325 e. The zero-order valence-corrected chi connectivity index (χ0v) is 25.3. The predicted molar refractivity (Wildman–Crippen MR) is 173 cm³/mol. The van der Waals surface area contributed by atoms with E-state index in [1.54, 1.807) is 78.9 Å². The number of Topliss-reactive ketones (excluding diaryl/α,β-unsaturated/α-hetero) is 1. The Morgan fingerprint density at radius 2 is 1.49 bits per heavy atom. The van der Waals surface area contributed by atoms with Gasteiger partial charge in [0.15, 0.2) is 5.78 Å². The van der Waals surface area contributed by atoms with Crippen molar-refractivity contribution in [3.8, 4) is 6.07 Å². The molecule has 0 bridgehead atoms. The van der Waals surface area contributed by atoms with Crippen LogP contribution in [0, 0.1) is 25.2 Å². The van der Waals surface area contributed by atoms with Crippen LogP contribution in [0.5, 0.6) is 0 Å². The molecule has 0 radical (unpaired) electrons. The van der Waals surface area contributed by atoms with Crippen molar-refractivity contribution in [2.45, 2.75) is 26.2 Å². The van der Waals surface area contributed by atoms with Crippen LogP contribution < -0.4 is 10.6 Å². The highest BCUT2D eigenvalue weighted by molar-refractivity contribution is 8.03. The van der Waals surface area contributed by atoms with Gasteiger partial charge in [-0.15, -0.1) is 0 Å². The average Bonchev–Trinajstić information content (AvgIpc) is 3.02. The summed E-state index contributed by atoms with van der Waals surface area (Å²) >= 11 is 7.62. The van der Waals surface area contributed by atoms with Crippen LogP contribution in [0.25, 0.3) is 0 Å². The predicted octanol–water partition coefficient (Wildman–Crippen LogP) is 7.85. The summed E-state index contributed by atoms with van der Waals surface area (Å²) in [5.74, 6) is -1.82. The first-order valence-corrected chi connectivity index (χ1v) is 15.0. The fourth-order valence-corrected chi connectivity index (χ4v) is 5.60. The number of nitriles is 1. The van der Waals surface area contributed by atoms with Gasteiger partial charge in [0.05, 0.1) is 22.4 Å². The van der Waals surface area contributed by atoms with Crippen LogP contribution in [-0.2, 0) is 4.79 Å². The molecule has 8 heteroatoms. The normalized spacial score (nSPS) is 12.0. The molecule has 0 heterocycles. The molecule has 0 fully saturated rings. The molecule has 0 aromatic heterocycles. The van der Waals surface area contributed by atoms with Crippen molar-refractivity contribution >= 4 is 46.6 Å². The number of aryl methyl sites for hydroxylation is 2. The van der Waals surface area contributed by atoms with Gasteiger partial charge < -0.3 is 10.6 Å². The Morgan fingerprint density at radius 1 is 0.860 bits per heavy atom. The van der Waals surface area contributed by atoms with Crippen molar-refractivity contribution < 1.29 is 14.4 Å². The van der Waals surface area contributed by atoms with Crippen LogP contribution in [0.1, 0.15) is 49.7 Å². The lowest BCUT2D eigenvalue weighted by atomic mass is 9.86. The highest BCUT2D eigenvalue weighted by atomic mass is 35.5. The second-order valence-electron chi connectivity index (χ2n) is 9.90. The number of ketones is 1. The number of allylic oxidation sites excluding steroid dienone is 1. The maximum atomic E-state index is 13.4. The monoisotopic (exact) mass is 607 g/mol. The number of nitrogens with one attached hydrogen (secondary N) is 2. The Morgan fingerprint density at radius 3 is 2.14 bits per heavy atom. The second-order valence-corrected chi connectivity index (χ2v) is 11.3. The number of nitrogens with zero attached hydrogens (tertiary/aromatic N) is 1. The van der Waals surface area contributed by atoms with Gasteiger partial charge in [-0.2, -0.15) is 5.26 Å². The number of carbonyl (C=O) groups excluding carboxylic acids is 3. The molecule has 216 valence electrons. The van der Waals surface area contributed by atoms with Crippen LogP contribution in [0.15, 0.2) is 114 Å². The molecule has 0 aliphatic heterocycles. The third-order valence-corrected chi connectivity index (χ3v) is 8.12. The van der Waals surface area contributed by atoms with Gasteiger partial charge in [0.2, 0.25) is 5.91 Å². The van der Waals surface area contributed by atoms with E-state index in [-0.39, 0.29) is 34.5 Å². The van der Waals surface area contributed by atoms with Crippen LogP contribution in [0.2, 0.25) is 5.02 Å². The fraction of sp³-hybridized carbons (Fsp3) is 0.143. The molecule has 2 N–H and O–H groups in total. The summed E-state index contributed by atoms with van der Waals surface area (Å²) in [5, 5.41) is 16.9. The minimum atomic E-state index is -0.785. The lowest BCUT2D eigenvalue weighted by Crippen LogP contribution is -2.26. The van der Waals surface area contributed by atoms with Gasteiger partial charge in [-0.25, -0.2) is 0 Å². The number of rotatable bonds is 11. The van der Waals surface area contributed by atoms with E-state index in [0.29, 0.717) is 27.4 Å². The van der Waals surface area contributed by atoms with Gasteiger partial charge in [0.1, 0.15) is 0 Å². The summed E-state index contributed by atoms with van der Waals surface area (Å²) in [6.07, 6.45) is -0.0728. The SMILES string of the molecule is Cc1ccc(C)c(NC(=O)CS/C(NC(=O)c2ccccc2)=C(\C#N)C(CC(=O)c2ccccc2)c2ccccc2Cl)c1. The number of hydrogen-bond donors (Lipinski definition) is 2. The van der Waals surface area contributed by atoms with Crippen LogP contribution in [0.3, 0.4) is 0 Å². The Hall–Kier alpha value is -4.64. The molecule has 0 saturated carbocycles. The third-order valence-electron chi connectivity index (χ3n) is 6.76. The molecule has 4 aromatic carbocycles. The summed E-state index contributed by atoms with van der Waals surface area (Å²) in [6, 6.07) is 32.4. The molecule has 0 aliphatic rings. The van der Waals surface area contributed by atoms with Crippen LogP contribution >= 0.6 is 23.4 Å². The van der Waals surface area contributed by atoms with E-state index in [2.05, 4.69) is 16.7 Å². The summed E-state index contributed by atoms with van der Waals surface area (Å²) in [4.78, 5) is 39.8. The van der Waals surface area contributed by atoms with E-state index in [9.17, 15) is 19.6 Å². The maximum absolute atomic E-state index is 13.4. The summed E-state index contributed by atoms with van der Waals surface area (Å²) in [5.41, 5.74) is 4.17. The number of halogens is 1. The molecule has 43 heavy (non-hydrogen) atoms. The van der Waals surface area contributed by atoms with Crippen LogP contribution in [0.4, 0.5) is 5.69 Å². The molecule has 1 atom stereocenters. The number of benzene rings is 4. The molecule has 0 spiro atoms. The highest BCUT2D eigenvalue weighted by Crippen LogP contribution is 2.37. The zero-order chi connectivity index (χ0) is 30.8. The van der Waals surface area contributed by atoms with Crippen molar-refractivity contribution in [1.29, 1.82) is 5.26 Å². The van der Waals surface area contributed by atoms with Crippen molar-refractivity contribution in [2.75, 3.05) is 11.1 Å². The summed E-state index contributed by atoms with van der Waals surface area (Å²) in [7, 11) is 0. The Labute approximate surface area is 260 Å². The second kappa shape index (κ2) is 15.0. The molecule has 4 rings (SSSR count). The first-order chi connectivity index (χ1) is 20.8. The van der Waals surface area contributed by atoms with E-state index < -0.39 is 11.8 Å². The van der Waals surface area contributed by atoms with Crippen molar-refractivity contribution in [1.82, 2.24) is 5.32 Å². The molecule has 2 amide bonds. The molecule has 1 unspecified atom stereocenters. The van der Waals surface area contributed by atoms with Gasteiger partial charge in [-0.1, -0.05) is 102 Å². The van der Waals surface area contributed by atoms with E-state index >= 15 is 0 Å². The third kappa shape index (κ3) is 8.45. The molecule has 4 aromatic rings. The van der Waals surface area contributed by atoms with Crippen molar-refractivity contribution in [3.63, 3.8) is 0 Å². The van der Waals surface area contributed by atoms with Crippen molar-refractivity contribution in [2.24, 2.45) is 0 Å². The Kier molecular flexibility index (Phi) is 10.9. The minimum absolute atomic E-state index is 0.0728. The van der Waals surface area contributed by atoms with Gasteiger partial charge in [-0.05, 0) is 54.8 Å². The molecular weight excluding hydrogens is 578 g/mol. The lowest BCUT2D eigenvalue weighted by Gasteiger charge is -2.21. The molecule has 0 saturated heterocycles. The first kappa shape index (κ1) is 31.3. The van der Waals surface area contributed by atoms with E-state index in [1.165, 1.54) is 0 Å². The molecule has 6 nitrogen and oxygen atoms in total. The van der Waals surface area contributed by atoms with E-state index in [0.717, 1.165) is 22.9 Å². The summed E-state index contributed by atoms with van der Waals surface area (Å²) < 4.78 is 0. The number of amides is 2. The zero-order valence-electron chi connectivity index (χ0n) is 23.8. The topological polar surface area (TPSA) is 99.1 Å². The highest BCUT2D eigenvalue weighted by Gasteiger charge is 2.28. The number of carbonyl (C=O) groups is 3. The van der Waals surface area contributed by atoms with E-state index in [1.807, 2.05) is 38.1 Å². The smallest absolute Gasteiger partial charge is 0.256 e. The molecule has 0 aliphatic carbocycles. The first-order valence-electron chi connectivity index (χ1n) is 13.6. The maximum Gasteiger partial charge on any atom is 0.256 e. The Bertz CT molecular complexity index is 1700. The minimum Gasteiger partial charge on any atom is -0.325 e. The Balaban J connectivity index is 1.73. The van der Waals surface area contributed by atoms with Gasteiger partial charge in [0, 0.05) is 34.2 Å². The van der Waals surface area contributed by atoms with E-state index in [4.69, 9.17) is 11.6 Å². The van der Waals surface area contributed by atoms with Gasteiger partial charge in [-0.3, -0.25) is 14.4 Å². The average molecular weight is 608 g/mol. The summed E-state index contributed by atoms with van der Waals surface area (Å²) in [6.45, 7) is 3.84. The molecular formula is C35H30ClN3O3S. The quantitative estimate of drug-likeness (QED) is 0.134.